The van der Waals surface area contributed by atoms with Gasteiger partial charge in [0.25, 0.3) is 0 Å². The molecule has 2 aromatic carbocycles. The minimum absolute atomic E-state index is 0.0806. The zero-order valence-corrected chi connectivity index (χ0v) is 15.8. The third-order valence-electron chi connectivity index (χ3n) is 4.04. The Bertz CT molecular complexity index is 1070. The maximum atomic E-state index is 10.6. The quantitative estimate of drug-likeness (QED) is 0.453. The van der Waals surface area contributed by atoms with Crippen molar-refractivity contribution in [2.24, 2.45) is 0 Å². The summed E-state index contributed by atoms with van der Waals surface area (Å²) in [6.07, 6.45) is 0. The summed E-state index contributed by atoms with van der Waals surface area (Å²) in [5.74, 6) is 1.19. The number of H-pyrrole nitrogens is 1. The normalized spacial score (nSPS) is 10.9. The second-order valence-electron chi connectivity index (χ2n) is 5.89. The second-order valence-corrected chi connectivity index (χ2v) is 6.90. The molecule has 0 saturated carbocycles. The Morgan fingerprint density at radius 3 is 2.54 bits per heavy atom. The highest BCUT2D eigenvalue weighted by molar-refractivity contribution is 7.99. The Hall–Kier alpha value is -3.39. The van der Waals surface area contributed by atoms with Crippen molar-refractivity contribution in [2.75, 3.05) is 6.61 Å². The predicted molar refractivity (Wildman–Crippen MR) is 106 cm³/mol. The van der Waals surface area contributed by atoms with Gasteiger partial charge in [-0.15, -0.1) is 5.10 Å². The maximum absolute atomic E-state index is 10.6. The summed E-state index contributed by atoms with van der Waals surface area (Å²) in [6, 6.07) is 18.2. The van der Waals surface area contributed by atoms with E-state index in [1.54, 1.807) is 24.3 Å². The van der Waals surface area contributed by atoms with Crippen molar-refractivity contribution in [3.63, 3.8) is 0 Å². The van der Waals surface area contributed by atoms with Crippen LogP contribution in [0.5, 0.6) is 17.5 Å². The lowest BCUT2D eigenvalue weighted by molar-refractivity contribution is 0.340. The summed E-state index contributed by atoms with van der Waals surface area (Å²) >= 11 is 1.16. The van der Waals surface area contributed by atoms with Gasteiger partial charge in [-0.1, -0.05) is 30.3 Å². The monoisotopic (exact) mass is 394 g/mol. The molecule has 0 unspecified atom stereocenters. The minimum Gasteiger partial charge on any atom is -0.494 e. The van der Waals surface area contributed by atoms with Gasteiger partial charge in [-0.3, -0.25) is 9.67 Å². The van der Waals surface area contributed by atoms with Gasteiger partial charge in [0.15, 0.2) is 11.7 Å². The highest BCUT2D eigenvalue weighted by atomic mass is 32.2. The van der Waals surface area contributed by atoms with Gasteiger partial charge < -0.3 is 14.9 Å². The van der Waals surface area contributed by atoms with Crippen LogP contribution in [0.25, 0.3) is 17.1 Å². The molecule has 0 saturated heterocycles. The molecule has 0 amide bonds. The van der Waals surface area contributed by atoms with Gasteiger partial charge in [0.2, 0.25) is 11.0 Å². The second kappa shape index (κ2) is 7.69. The molecule has 8 heteroatoms. The van der Waals surface area contributed by atoms with Crippen LogP contribution in [-0.4, -0.2) is 36.6 Å². The average Bonchev–Trinajstić information content (AvgIpc) is 3.29. The molecule has 4 rings (SSSR count). The molecule has 0 atom stereocenters. The Kier molecular flexibility index (Phi) is 4.94. The van der Waals surface area contributed by atoms with E-state index in [0.717, 1.165) is 23.1 Å². The fraction of sp³-hybridized carbons (Fsp3) is 0.100. The molecule has 7 nitrogen and oxygen atoms in total. The summed E-state index contributed by atoms with van der Waals surface area (Å²) in [4.78, 5) is 4.89. The van der Waals surface area contributed by atoms with E-state index >= 15 is 0 Å². The third kappa shape index (κ3) is 3.54. The fourth-order valence-electron chi connectivity index (χ4n) is 2.77. The zero-order valence-electron chi connectivity index (χ0n) is 15.0. The topological polar surface area (TPSA) is 96.2 Å². The van der Waals surface area contributed by atoms with Gasteiger partial charge in [0.1, 0.15) is 5.75 Å². The standard InChI is InChI=1S/C20H18N4O3S/c1-2-27-15-10-8-14(9-11-15)24-17(25)12-16(19(24)26)28-20-21-18(22-23-20)13-6-4-3-5-7-13/h3-12,25-26H,2H2,1H3,(H,21,22,23). The molecule has 142 valence electrons. The summed E-state index contributed by atoms with van der Waals surface area (Å²) in [7, 11) is 0. The minimum atomic E-state index is -0.0854. The van der Waals surface area contributed by atoms with Gasteiger partial charge in [-0.25, -0.2) is 4.98 Å². The van der Waals surface area contributed by atoms with Crippen LogP contribution in [0.1, 0.15) is 6.92 Å². The van der Waals surface area contributed by atoms with Crippen LogP contribution in [0, 0.1) is 0 Å². The summed E-state index contributed by atoms with van der Waals surface area (Å²) < 4.78 is 6.77. The van der Waals surface area contributed by atoms with Crippen LogP contribution in [0.2, 0.25) is 0 Å². The molecule has 0 aliphatic heterocycles. The van der Waals surface area contributed by atoms with Crippen molar-refractivity contribution in [3.8, 4) is 34.6 Å². The third-order valence-corrected chi connectivity index (χ3v) is 4.93. The zero-order chi connectivity index (χ0) is 19.5. The number of benzene rings is 2. The number of nitrogens with zero attached hydrogens (tertiary/aromatic N) is 3. The highest BCUT2D eigenvalue weighted by Crippen LogP contribution is 2.40. The molecular formula is C20H18N4O3S. The van der Waals surface area contributed by atoms with E-state index in [1.165, 1.54) is 10.6 Å². The molecule has 0 radical (unpaired) electrons. The van der Waals surface area contributed by atoms with Gasteiger partial charge in [0, 0.05) is 11.6 Å². The molecule has 2 heterocycles. The molecule has 0 fully saturated rings. The van der Waals surface area contributed by atoms with Crippen molar-refractivity contribution in [1.29, 1.82) is 0 Å². The number of aromatic nitrogens is 4. The lowest BCUT2D eigenvalue weighted by Crippen LogP contribution is -1.94. The highest BCUT2D eigenvalue weighted by Gasteiger charge is 2.18. The Balaban J connectivity index is 1.59. The van der Waals surface area contributed by atoms with Crippen molar-refractivity contribution < 1.29 is 14.9 Å². The molecule has 0 spiro atoms. The van der Waals surface area contributed by atoms with E-state index in [1.807, 2.05) is 37.3 Å². The predicted octanol–water partition coefficient (Wildman–Crippen LogP) is 4.22. The van der Waals surface area contributed by atoms with Crippen molar-refractivity contribution in [3.05, 3.63) is 60.7 Å². The van der Waals surface area contributed by atoms with E-state index in [4.69, 9.17) is 4.74 Å². The summed E-state index contributed by atoms with van der Waals surface area (Å²) in [5, 5.41) is 28.4. The number of aromatic amines is 1. The Labute approximate surface area is 165 Å². The number of rotatable bonds is 6. The molecule has 28 heavy (non-hydrogen) atoms. The van der Waals surface area contributed by atoms with Crippen LogP contribution < -0.4 is 4.74 Å². The van der Waals surface area contributed by atoms with E-state index < -0.39 is 0 Å². The molecule has 0 aliphatic carbocycles. The SMILES string of the molecule is CCOc1ccc(-n2c(O)cc(Sc3n[nH]c(-c4ccccc4)n3)c2O)cc1. The van der Waals surface area contributed by atoms with Crippen molar-refractivity contribution in [2.45, 2.75) is 17.0 Å². The van der Waals surface area contributed by atoms with Crippen LogP contribution >= 0.6 is 11.8 Å². The maximum Gasteiger partial charge on any atom is 0.213 e. The van der Waals surface area contributed by atoms with E-state index in [9.17, 15) is 10.2 Å². The van der Waals surface area contributed by atoms with Gasteiger partial charge >= 0.3 is 0 Å². The Morgan fingerprint density at radius 1 is 1.07 bits per heavy atom. The molecule has 4 aromatic rings. The lowest BCUT2D eigenvalue weighted by atomic mass is 10.2. The van der Waals surface area contributed by atoms with Gasteiger partial charge in [0.05, 0.1) is 17.2 Å². The number of aromatic hydroxyl groups is 2. The van der Waals surface area contributed by atoms with Crippen LogP contribution in [0.4, 0.5) is 0 Å². The van der Waals surface area contributed by atoms with E-state index in [0.29, 0.717) is 28.2 Å². The largest absolute Gasteiger partial charge is 0.494 e. The van der Waals surface area contributed by atoms with Crippen LogP contribution in [-0.2, 0) is 0 Å². The van der Waals surface area contributed by atoms with Crippen molar-refractivity contribution >= 4 is 11.8 Å². The molecule has 0 bridgehead atoms. The Morgan fingerprint density at radius 2 is 1.82 bits per heavy atom. The summed E-state index contributed by atoms with van der Waals surface area (Å²) in [5.41, 5.74) is 1.53. The van der Waals surface area contributed by atoms with Gasteiger partial charge in [-0.2, -0.15) is 0 Å². The first-order valence-electron chi connectivity index (χ1n) is 8.68. The molecular weight excluding hydrogens is 376 g/mol. The first kappa shape index (κ1) is 18.0. The number of ether oxygens (including phenoxy) is 1. The van der Waals surface area contributed by atoms with E-state index in [-0.39, 0.29) is 11.8 Å². The first-order chi connectivity index (χ1) is 13.7. The molecule has 2 aromatic heterocycles. The van der Waals surface area contributed by atoms with Crippen LogP contribution in [0.3, 0.4) is 0 Å². The van der Waals surface area contributed by atoms with Gasteiger partial charge in [-0.05, 0) is 43.0 Å². The average molecular weight is 394 g/mol. The number of hydrogen-bond acceptors (Lipinski definition) is 6. The summed E-state index contributed by atoms with van der Waals surface area (Å²) in [6.45, 7) is 2.48. The van der Waals surface area contributed by atoms with E-state index in [2.05, 4.69) is 15.2 Å². The smallest absolute Gasteiger partial charge is 0.213 e. The van der Waals surface area contributed by atoms with Crippen LogP contribution in [0.15, 0.2) is 70.7 Å². The number of hydrogen-bond donors (Lipinski definition) is 3. The fourth-order valence-corrected chi connectivity index (χ4v) is 3.54. The molecule has 0 aliphatic rings. The lowest BCUT2D eigenvalue weighted by Gasteiger charge is -2.08. The van der Waals surface area contributed by atoms with Crippen molar-refractivity contribution in [1.82, 2.24) is 19.7 Å². The first-order valence-corrected chi connectivity index (χ1v) is 9.50. The molecule has 3 N–H and O–H groups in total. The number of nitrogens with one attached hydrogen (secondary N) is 1.